The van der Waals surface area contributed by atoms with Gasteiger partial charge in [-0.2, -0.15) is 0 Å². The van der Waals surface area contributed by atoms with Crippen molar-refractivity contribution in [1.29, 1.82) is 0 Å². The van der Waals surface area contributed by atoms with Gasteiger partial charge >= 0.3 is 5.97 Å². The highest BCUT2D eigenvalue weighted by Gasteiger charge is 2.13. The minimum absolute atomic E-state index is 0.0235. The molecule has 19 heavy (non-hydrogen) atoms. The van der Waals surface area contributed by atoms with Crippen molar-refractivity contribution in [2.75, 3.05) is 0 Å². The summed E-state index contributed by atoms with van der Waals surface area (Å²) in [4.78, 5) is 17.4. The van der Waals surface area contributed by atoms with Gasteiger partial charge in [-0.05, 0) is 6.42 Å². The third-order valence-corrected chi connectivity index (χ3v) is 2.88. The molecule has 1 aromatic carbocycles. The number of rotatable bonds is 3. The molecule has 0 radical (unpaired) electrons. The van der Waals surface area contributed by atoms with Gasteiger partial charge in [0, 0.05) is 24.0 Å². The Balaban J connectivity index is 2.11. The molecule has 0 amide bonds. The van der Waals surface area contributed by atoms with E-state index < -0.39 is 17.6 Å². The Labute approximate surface area is 105 Å². The lowest BCUT2D eigenvalue weighted by molar-refractivity contribution is -0.136. The zero-order chi connectivity index (χ0) is 13.6. The van der Waals surface area contributed by atoms with Gasteiger partial charge in [-0.3, -0.25) is 9.20 Å². The summed E-state index contributed by atoms with van der Waals surface area (Å²) in [5, 5.41) is 8.61. The normalized spacial score (nSPS) is 11.5. The number of carbonyl (C=O) groups is 1. The lowest BCUT2D eigenvalue weighted by Gasteiger charge is -1.94. The number of halogens is 2. The largest absolute Gasteiger partial charge is 0.481 e. The van der Waals surface area contributed by atoms with Gasteiger partial charge in [0.2, 0.25) is 5.78 Å². The van der Waals surface area contributed by atoms with Crippen LogP contribution in [0.4, 0.5) is 8.78 Å². The van der Waals surface area contributed by atoms with Crippen LogP contribution in [0, 0.1) is 11.6 Å². The molecule has 0 saturated heterocycles. The topological polar surface area (TPSA) is 70.4 Å². The lowest BCUT2D eigenvalue weighted by atomic mass is 10.2. The van der Waals surface area contributed by atoms with Crippen LogP contribution in [0.3, 0.4) is 0 Å². The molecule has 2 heterocycles. The average Bonchev–Trinajstić information content (AvgIpc) is 2.85. The molecular weight excluding hydrogens is 256 g/mol. The van der Waals surface area contributed by atoms with E-state index in [2.05, 4.69) is 9.97 Å². The number of H-pyrrole nitrogens is 1. The van der Waals surface area contributed by atoms with Gasteiger partial charge in [0.25, 0.3) is 0 Å². The number of imidazole rings is 2. The molecule has 2 N–H and O–H groups in total. The van der Waals surface area contributed by atoms with E-state index in [0.717, 1.165) is 6.07 Å². The van der Waals surface area contributed by atoms with E-state index >= 15 is 0 Å². The number of aromatic nitrogens is 3. The van der Waals surface area contributed by atoms with Crippen molar-refractivity contribution in [3.05, 3.63) is 35.7 Å². The molecule has 0 spiro atoms. The van der Waals surface area contributed by atoms with Crippen molar-refractivity contribution in [2.45, 2.75) is 12.8 Å². The smallest absolute Gasteiger partial charge is 0.303 e. The van der Waals surface area contributed by atoms with Crippen molar-refractivity contribution in [2.24, 2.45) is 0 Å². The van der Waals surface area contributed by atoms with Gasteiger partial charge in [0.1, 0.15) is 11.3 Å². The molecule has 0 aliphatic heterocycles. The number of aromatic amines is 1. The monoisotopic (exact) mass is 265 g/mol. The molecule has 3 aromatic rings. The minimum atomic E-state index is -0.908. The molecule has 0 saturated carbocycles. The van der Waals surface area contributed by atoms with Gasteiger partial charge < -0.3 is 10.1 Å². The van der Waals surface area contributed by atoms with E-state index in [1.807, 2.05) is 0 Å². The van der Waals surface area contributed by atoms with E-state index in [1.165, 1.54) is 10.5 Å². The summed E-state index contributed by atoms with van der Waals surface area (Å²) in [6.45, 7) is 0. The first kappa shape index (κ1) is 11.6. The van der Waals surface area contributed by atoms with Crippen molar-refractivity contribution in [3.8, 4) is 0 Å². The van der Waals surface area contributed by atoms with Gasteiger partial charge in [-0.15, -0.1) is 0 Å². The highest BCUT2D eigenvalue weighted by atomic mass is 19.1. The Morgan fingerprint density at radius 3 is 2.95 bits per heavy atom. The van der Waals surface area contributed by atoms with Crippen LogP contribution in [0.15, 0.2) is 18.3 Å². The summed E-state index contributed by atoms with van der Waals surface area (Å²) in [5.41, 5.74) is 1.04. The van der Waals surface area contributed by atoms with E-state index in [-0.39, 0.29) is 11.9 Å². The Morgan fingerprint density at radius 2 is 2.21 bits per heavy atom. The Kier molecular flexibility index (Phi) is 2.48. The van der Waals surface area contributed by atoms with Gasteiger partial charge in [-0.25, -0.2) is 13.8 Å². The number of benzene rings is 1. The maximum atomic E-state index is 13.5. The first-order chi connectivity index (χ1) is 9.04. The molecule has 3 rings (SSSR count). The van der Waals surface area contributed by atoms with E-state index in [1.54, 1.807) is 6.20 Å². The summed E-state index contributed by atoms with van der Waals surface area (Å²) < 4.78 is 28.2. The van der Waals surface area contributed by atoms with Crippen LogP contribution in [-0.2, 0) is 11.2 Å². The van der Waals surface area contributed by atoms with E-state index in [0.29, 0.717) is 23.4 Å². The predicted molar refractivity (Wildman–Crippen MR) is 62.9 cm³/mol. The first-order valence-electron chi connectivity index (χ1n) is 5.61. The minimum Gasteiger partial charge on any atom is -0.481 e. The van der Waals surface area contributed by atoms with Crippen LogP contribution in [-0.4, -0.2) is 25.4 Å². The SMILES string of the molecule is O=C(O)CCc1cn2c(nc3c(F)cc(F)cc32)[nH]1. The van der Waals surface area contributed by atoms with Crippen LogP contribution in [0.5, 0.6) is 0 Å². The fourth-order valence-corrected chi connectivity index (χ4v) is 2.04. The van der Waals surface area contributed by atoms with Crippen LogP contribution in [0.2, 0.25) is 0 Å². The summed E-state index contributed by atoms with van der Waals surface area (Å²) in [6, 6.07) is 1.97. The maximum Gasteiger partial charge on any atom is 0.303 e. The Hall–Kier alpha value is -2.44. The van der Waals surface area contributed by atoms with Gasteiger partial charge in [0.15, 0.2) is 5.82 Å². The number of aliphatic carboxylic acids is 1. The summed E-state index contributed by atoms with van der Waals surface area (Å²) in [5.74, 6) is -1.95. The fraction of sp³-hybridized carbons (Fsp3) is 0.167. The number of fused-ring (bicyclic) bond motifs is 3. The molecule has 0 fully saturated rings. The maximum absolute atomic E-state index is 13.5. The van der Waals surface area contributed by atoms with Crippen molar-refractivity contribution in [3.63, 3.8) is 0 Å². The highest BCUT2D eigenvalue weighted by Crippen LogP contribution is 2.21. The molecule has 0 unspecified atom stereocenters. The van der Waals surface area contributed by atoms with Crippen molar-refractivity contribution in [1.82, 2.24) is 14.4 Å². The number of nitrogens with zero attached hydrogens (tertiary/aromatic N) is 2. The highest BCUT2D eigenvalue weighted by molar-refractivity contribution is 5.80. The number of carboxylic acid groups (broad SMARTS) is 1. The third kappa shape index (κ3) is 1.92. The zero-order valence-electron chi connectivity index (χ0n) is 9.65. The average molecular weight is 265 g/mol. The van der Waals surface area contributed by atoms with Crippen LogP contribution < -0.4 is 0 Å². The van der Waals surface area contributed by atoms with E-state index in [4.69, 9.17) is 5.11 Å². The molecule has 5 nitrogen and oxygen atoms in total. The number of carboxylic acids is 1. The summed E-state index contributed by atoms with van der Waals surface area (Å²) >= 11 is 0. The summed E-state index contributed by atoms with van der Waals surface area (Å²) in [7, 11) is 0. The predicted octanol–water partition coefficient (Wildman–Crippen LogP) is 2.11. The summed E-state index contributed by atoms with van der Waals surface area (Å²) in [6.07, 6.45) is 1.88. The molecule has 0 aliphatic carbocycles. The van der Waals surface area contributed by atoms with E-state index in [9.17, 15) is 13.6 Å². The van der Waals surface area contributed by atoms with Crippen LogP contribution in [0.25, 0.3) is 16.8 Å². The fourth-order valence-electron chi connectivity index (χ4n) is 2.04. The molecule has 0 bridgehead atoms. The number of hydrogen-bond donors (Lipinski definition) is 2. The molecule has 98 valence electrons. The number of nitrogens with one attached hydrogen (secondary N) is 1. The second-order valence-corrected chi connectivity index (χ2v) is 4.23. The molecular formula is C12H9F2N3O2. The second-order valence-electron chi connectivity index (χ2n) is 4.23. The second kappa shape index (κ2) is 4.04. The number of hydrogen-bond acceptors (Lipinski definition) is 2. The number of aryl methyl sites for hydroxylation is 1. The Bertz CT molecular complexity index is 791. The lowest BCUT2D eigenvalue weighted by Crippen LogP contribution is -1.97. The standard InChI is InChI=1S/C12H9F2N3O2/c13-6-3-8(14)11-9(4-6)17-5-7(1-2-10(18)19)15-12(17)16-11/h3-5H,1-2H2,(H,15,16)(H,18,19). The molecule has 7 heteroatoms. The van der Waals surface area contributed by atoms with Crippen molar-refractivity contribution >= 4 is 22.8 Å². The van der Waals surface area contributed by atoms with Crippen LogP contribution in [0.1, 0.15) is 12.1 Å². The van der Waals surface area contributed by atoms with Gasteiger partial charge in [-0.1, -0.05) is 0 Å². The molecule has 0 atom stereocenters. The quantitative estimate of drug-likeness (QED) is 0.762. The van der Waals surface area contributed by atoms with Gasteiger partial charge in [0.05, 0.1) is 11.9 Å². The third-order valence-electron chi connectivity index (χ3n) is 2.88. The van der Waals surface area contributed by atoms with Crippen molar-refractivity contribution < 1.29 is 18.7 Å². The molecule has 0 aliphatic rings. The van der Waals surface area contributed by atoms with Crippen LogP contribution >= 0.6 is 0 Å². The zero-order valence-corrected chi connectivity index (χ0v) is 9.65. The Morgan fingerprint density at radius 1 is 1.42 bits per heavy atom. The molecule has 2 aromatic heterocycles. The first-order valence-corrected chi connectivity index (χ1v) is 5.61.